The summed E-state index contributed by atoms with van der Waals surface area (Å²) in [5.41, 5.74) is 1.66. The van der Waals surface area contributed by atoms with Gasteiger partial charge in [0.2, 0.25) is 0 Å². The molecule has 5 heteroatoms. The second kappa shape index (κ2) is 7.45. The summed E-state index contributed by atoms with van der Waals surface area (Å²) in [5, 5.41) is 12.8. The average molecular weight is 350 g/mol. The monoisotopic (exact) mass is 350 g/mol. The highest BCUT2D eigenvalue weighted by Crippen LogP contribution is 2.22. The molecule has 2 aromatic carbocycles. The van der Waals surface area contributed by atoms with Crippen molar-refractivity contribution in [1.29, 1.82) is 0 Å². The molecule has 0 aliphatic carbocycles. The number of hydrogen-bond acceptors (Lipinski definition) is 3. The summed E-state index contributed by atoms with van der Waals surface area (Å²) in [4.78, 5) is 16.4. The van der Waals surface area contributed by atoms with E-state index in [9.17, 15) is 14.3 Å². The number of nitrogens with zero attached hydrogens (tertiary/aromatic N) is 1. The Morgan fingerprint density at radius 2 is 1.73 bits per heavy atom. The molecule has 1 aromatic heterocycles. The van der Waals surface area contributed by atoms with Gasteiger partial charge in [0.15, 0.2) is 0 Å². The number of halogens is 1. The van der Waals surface area contributed by atoms with Crippen LogP contribution in [0.25, 0.3) is 11.3 Å². The SMILES string of the molecule is CC(NCc1cccc(-c2ccc(F)cc2)n1)(C(=O)O)c1ccccc1. The van der Waals surface area contributed by atoms with Gasteiger partial charge in [-0.3, -0.25) is 10.3 Å². The van der Waals surface area contributed by atoms with Crippen LogP contribution in [0.4, 0.5) is 4.39 Å². The fourth-order valence-electron chi connectivity index (χ4n) is 2.70. The molecule has 0 aliphatic heterocycles. The van der Waals surface area contributed by atoms with Crippen molar-refractivity contribution in [3.63, 3.8) is 0 Å². The summed E-state index contributed by atoms with van der Waals surface area (Å²) in [5.74, 6) is -1.26. The van der Waals surface area contributed by atoms with Gasteiger partial charge in [0.1, 0.15) is 11.4 Å². The maximum absolute atomic E-state index is 13.1. The number of carbonyl (C=O) groups is 1. The Balaban J connectivity index is 1.81. The third kappa shape index (κ3) is 3.78. The zero-order chi connectivity index (χ0) is 18.6. The van der Waals surface area contributed by atoms with Crippen LogP contribution in [0, 0.1) is 5.82 Å². The van der Waals surface area contributed by atoms with Crippen molar-refractivity contribution < 1.29 is 14.3 Å². The van der Waals surface area contributed by atoms with Crippen LogP contribution in [0.3, 0.4) is 0 Å². The second-order valence-electron chi connectivity index (χ2n) is 6.17. The zero-order valence-electron chi connectivity index (χ0n) is 14.3. The number of benzene rings is 2. The number of carboxylic acid groups (broad SMARTS) is 1. The Morgan fingerprint density at radius 3 is 2.38 bits per heavy atom. The Labute approximate surface area is 151 Å². The lowest BCUT2D eigenvalue weighted by atomic mass is 9.92. The number of aliphatic carboxylic acids is 1. The van der Waals surface area contributed by atoms with Crippen LogP contribution in [-0.4, -0.2) is 16.1 Å². The van der Waals surface area contributed by atoms with Crippen molar-refractivity contribution in [1.82, 2.24) is 10.3 Å². The summed E-state index contributed by atoms with van der Waals surface area (Å²) >= 11 is 0. The molecule has 1 heterocycles. The van der Waals surface area contributed by atoms with Crippen LogP contribution in [0.1, 0.15) is 18.2 Å². The van der Waals surface area contributed by atoms with Crippen molar-refractivity contribution in [3.8, 4) is 11.3 Å². The molecule has 3 rings (SSSR count). The highest BCUT2D eigenvalue weighted by Gasteiger charge is 2.34. The normalized spacial score (nSPS) is 13.2. The van der Waals surface area contributed by atoms with Crippen molar-refractivity contribution in [2.24, 2.45) is 0 Å². The zero-order valence-corrected chi connectivity index (χ0v) is 14.3. The van der Waals surface area contributed by atoms with Crippen LogP contribution in [0.15, 0.2) is 72.8 Å². The van der Waals surface area contributed by atoms with E-state index in [0.717, 1.165) is 5.56 Å². The first-order valence-electron chi connectivity index (χ1n) is 8.25. The average Bonchev–Trinajstić information content (AvgIpc) is 2.67. The molecule has 4 nitrogen and oxygen atoms in total. The lowest BCUT2D eigenvalue weighted by Crippen LogP contribution is -2.46. The highest BCUT2D eigenvalue weighted by molar-refractivity contribution is 5.80. The number of rotatable bonds is 6. The Bertz CT molecular complexity index is 897. The molecule has 132 valence electrons. The second-order valence-corrected chi connectivity index (χ2v) is 6.17. The minimum absolute atomic E-state index is 0.284. The van der Waals surface area contributed by atoms with Gasteiger partial charge in [-0.2, -0.15) is 0 Å². The predicted octanol–water partition coefficient (Wildman–Crippen LogP) is 3.98. The first-order chi connectivity index (χ1) is 12.5. The van der Waals surface area contributed by atoms with Crippen LogP contribution >= 0.6 is 0 Å². The van der Waals surface area contributed by atoms with Gasteiger partial charge in [-0.15, -0.1) is 0 Å². The van der Waals surface area contributed by atoms with E-state index < -0.39 is 11.5 Å². The summed E-state index contributed by atoms with van der Waals surface area (Å²) in [6, 6.07) is 20.7. The van der Waals surface area contributed by atoms with E-state index in [1.54, 1.807) is 31.2 Å². The van der Waals surface area contributed by atoms with Gasteiger partial charge < -0.3 is 5.11 Å². The highest BCUT2D eigenvalue weighted by atomic mass is 19.1. The minimum atomic E-state index is -1.23. The molecular weight excluding hydrogens is 331 g/mol. The van der Waals surface area contributed by atoms with Crippen LogP contribution < -0.4 is 5.32 Å². The number of carboxylic acids is 1. The standard InChI is InChI=1S/C21H19FN2O2/c1-21(20(25)26,16-6-3-2-4-7-16)23-14-18-8-5-9-19(24-18)15-10-12-17(22)13-11-15/h2-13,23H,14H2,1H3,(H,25,26). The number of nitrogens with one attached hydrogen (secondary N) is 1. The fourth-order valence-corrected chi connectivity index (χ4v) is 2.70. The number of pyridine rings is 1. The summed E-state index contributed by atoms with van der Waals surface area (Å²) in [6.07, 6.45) is 0. The molecule has 2 N–H and O–H groups in total. The van der Waals surface area contributed by atoms with E-state index in [1.807, 2.05) is 36.4 Å². The van der Waals surface area contributed by atoms with Crippen molar-refractivity contribution in [3.05, 3.63) is 89.9 Å². The topological polar surface area (TPSA) is 62.2 Å². The Morgan fingerprint density at radius 1 is 1.04 bits per heavy atom. The van der Waals surface area contributed by atoms with E-state index in [4.69, 9.17) is 0 Å². The number of hydrogen-bond donors (Lipinski definition) is 2. The molecule has 0 amide bonds. The molecule has 0 saturated carbocycles. The first kappa shape index (κ1) is 17.8. The molecule has 3 aromatic rings. The number of aromatic nitrogens is 1. The summed E-state index contributed by atoms with van der Waals surface area (Å²) in [7, 11) is 0. The molecule has 0 bridgehead atoms. The van der Waals surface area contributed by atoms with Gasteiger partial charge >= 0.3 is 5.97 Å². The molecule has 0 radical (unpaired) electrons. The van der Waals surface area contributed by atoms with Crippen molar-refractivity contribution in [2.45, 2.75) is 19.0 Å². The van der Waals surface area contributed by atoms with Crippen LogP contribution in [-0.2, 0) is 16.9 Å². The maximum Gasteiger partial charge on any atom is 0.328 e. The molecule has 0 saturated heterocycles. The van der Waals surface area contributed by atoms with Gasteiger partial charge in [-0.25, -0.2) is 9.18 Å². The third-order valence-corrected chi connectivity index (χ3v) is 4.35. The molecule has 0 aliphatic rings. The predicted molar refractivity (Wildman–Crippen MR) is 97.9 cm³/mol. The van der Waals surface area contributed by atoms with Crippen LogP contribution in [0.5, 0.6) is 0 Å². The van der Waals surface area contributed by atoms with Gasteiger partial charge in [0.05, 0.1) is 11.4 Å². The van der Waals surface area contributed by atoms with E-state index in [1.165, 1.54) is 12.1 Å². The quantitative estimate of drug-likeness (QED) is 0.706. The van der Waals surface area contributed by atoms with E-state index in [2.05, 4.69) is 10.3 Å². The molecule has 0 fully saturated rings. The Kier molecular flexibility index (Phi) is 5.09. The van der Waals surface area contributed by atoms with E-state index in [0.29, 0.717) is 17.0 Å². The van der Waals surface area contributed by atoms with Gasteiger partial charge in [0.25, 0.3) is 0 Å². The molecule has 26 heavy (non-hydrogen) atoms. The molecule has 1 unspecified atom stereocenters. The Hall–Kier alpha value is -3.05. The lowest BCUT2D eigenvalue weighted by molar-refractivity contribution is -0.144. The summed E-state index contributed by atoms with van der Waals surface area (Å²) in [6.45, 7) is 1.92. The largest absolute Gasteiger partial charge is 0.480 e. The van der Waals surface area contributed by atoms with E-state index >= 15 is 0 Å². The molecule has 0 spiro atoms. The molecular formula is C21H19FN2O2. The van der Waals surface area contributed by atoms with Gasteiger partial charge in [-0.05, 0) is 48.9 Å². The third-order valence-electron chi connectivity index (χ3n) is 4.35. The van der Waals surface area contributed by atoms with Crippen LogP contribution in [0.2, 0.25) is 0 Å². The minimum Gasteiger partial charge on any atom is -0.480 e. The van der Waals surface area contributed by atoms with Gasteiger partial charge in [0, 0.05) is 12.1 Å². The molecule has 1 atom stereocenters. The first-order valence-corrected chi connectivity index (χ1v) is 8.25. The maximum atomic E-state index is 13.1. The van der Waals surface area contributed by atoms with E-state index in [-0.39, 0.29) is 12.4 Å². The lowest BCUT2D eigenvalue weighted by Gasteiger charge is -2.27. The van der Waals surface area contributed by atoms with Crippen molar-refractivity contribution in [2.75, 3.05) is 0 Å². The fraction of sp³-hybridized carbons (Fsp3) is 0.143. The van der Waals surface area contributed by atoms with Crippen molar-refractivity contribution >= 4 is 5.97 Å². The van der Waals surface area contributed by atoms with Gasteiger partial charge in [-0.1, -0.05) is 36.4 Å². The smallest absolute Gasteiger partial charge is 0.328 e. The summed E-state index contributed by atoms with van der Waals surface area (Å²) < 4.78 is 13.1.